The Bertz CT molecular complexity index is 1940. The first kappa shape index (κ1) is 38.0. The van der Waals surface area contributed by atoms with Crippen LogP contribution >= 0.6 is 0 Å². The lowest BCUT2D eigenvalue weighted by molar-refractivity contribution is -0.136. The molecule has 4 fully saturated rings. The van der Waals surface area contributed by atoms with Gasteiger partial charge in [0.15, 0.2) is 0 Å². The van der Waals surface area contributed by atoms with Crippen LogP contribution in [0.15, 0.2) is 24.5 Å². The monoisotopic (exact) mass is 768 g/mol. The van der Waals surface area contributed by atoms with Gasteiger partial charge in [0.25, 0.3) is 0 Å². The third kappa shape index (κ3) is 7.27. The van der Waals surface area contributed by atoms with E-state index in [-0.39, 0.29) is 35.2 Å². The minimum Gasteiger partial charge on any atom is -0.453 e. The molecule has 0 radical (unpaired) electrons. The third-order valence-electron chi connectivity index (χ3n) is 13.4. The van der Waals surface area contributed by atoms with Gasteiger partial charge in [-0.2, -0.15) is 0 Å². The van der Waals surface area contributed by atoms with E-state index in [0.29, 0.717) is 13.1 Å². The van der Waals surface area contributed by atoms with E-state index in [2.05, 4.69) is 32.7 Å². The summed E-state index contributed by atoms with van der Waals surface area (Å²) in [4.78, 5) is 72.5. The number of benzene rings is 1. The minimum absolute atomic E-state index is 0.0486. The Hall–Kier alpha value is -4.88. The summed E-state index contributed by atoms with van der Waals surface area (Å²) in [7, 11) is 2.63. The zero-order chi connectivity index (χ0) is 39.0. The zero-order valence-electron chi connectivity index (χ0n) is 33.0. The first-order chi connectivity index (χ1) is 27.2. The number of alkyl carbamates (subject to hydrolysis) is 2. The fourth-order valence-electron chi connectivity index (χ4n) is 10.6. The summed E-state index contributed by atoms with van der Waals surface area (Å²) in [6.45, 7) is 2.90. The molecule has 2 saturated heterocycles. The predicted molar refractivity (Wildman–Crippen MR) is 208 cm³/mol. The van der Waals surface area contributed by atoms with Gasteiger partial charge in [0, 0.05) is 24.2 Å². The molecule has 1 aromatic carbocycles. The molecule has 56 heavy (non-hydrogen) atoms. The molecule has 8 rings (SSSR count). The van der Waals surface area contributed by atoms with Crippen LogP contribution in [-0.4, -0.2) is 93.1 Å². The Morgan fingerprint density at radius 3 is 1.77 bits per heavy atom. The van der Waals surface area contributed by atoms with Gasteiger partial charge in [-0.1, -0.05) is 44.2 Å². The number of fused-ring (bicyclic) bond motifs is 1. The Morgan fingerprint density at radius 1 is 0.714 bits per heavy atom. The number of nitrogens with zero attached hydrogens (tertiary/aromatic N) is 4. The second-order valence-electron chi connectivity index (χ2n) is 16.8. The molecule has 14 heteroatoms. The smallest absolute Gasteiger partial charge is 0.407 e. The summed E-state index contributed by atoms with van der Waals surface area (Å²) in [5.74, 6) is 1.42. The SMILES string of the molecule is COC(=O)N[C@H](C(=O)N1CCC[C@H]1c1ncc(-c2ccc(-c3cnc(C4CCCN4C(=O)[C@@H](C)NC(=O)OC)[nH]3)c3c2CC2(CCCC2)C3)[nH]1)C1CCCCC1. The highest BCUT2D eigenvalue weighted by molar-refractivity contribution is 5.87. The van der Waals surface area contributed by atoms with Gasteiger partial charge in [0.2, 0.25) is 11.8 Å². The fourth-order valence-corrected chi connectivity index (χ4v) is 10.6. The number of methoxy groups -OCH3 is 2. The van der Waals surface area contributed by atoms with Crippen LogP contribution in [0.25, 0.3) is 22.5 Å². The molecule has 3 aliphatic carbocycles. The number of carbonyl (C=O) groups excluding carboxylic acids is 4. The molecular formula is C42H56N8O6. The summed E-state index contributed by atoms with van der Waals surface area (Å²) >= 11 is 0. The van der Waals surface area contributed by atoms with Gasteiger partial charge in [-0.05, 0) is 93.6 Å². The molecule has 1 unspecified atom stereocenters. The number of hydrogen-bond donors (Lipinski definition) is 4. The van der Waals surface area contributed by atoms with E-state index in [1.165, 1.54) is 51.0 Å². The van der Waals surface area contributed by atoms with Crippen LogP contribution in [0.3, 0.4) is 0 Å². The molecule has 4 amide bonds. The largest absolute Gasteiger partial charge is 0.453 e. The Morgan fingerprint density at radius 2 is 1.23 bits per heavy atom. The molecule has 2 aromatic heterocycles. The van der Waals surface area contributed by atoms with Crippen molar-refractivity contribution in [2.45, 2.75) is 127 Å². The van der Waals surface area contributed by atoms with E-state index in [4.69, 9.17) is 19.4 Å². The highest BCUT2D eigenvalue weighted by atomic mass is 16.5. The highest BCUT2D eigenvalue weighted by Gasteiger charge is 2.43. The van der Waals surface area contributed by atoms with Crippen molar-refractivity contribution in [3.05, 3.63) is 47.3 Å². The second-order valence-corrected chi connectivity index (χ2v) is 16.8. The number of hydrogen-bond acceptors (Lipinski definition) is 8. The quantitative estimate of drug-likeness (QED) is 0.191. The molecule has 300 valence electrons. The number of rotatable bonds is 9. The molecule has 5 aliphatic rings. The van der Waals surface area contributed by atoms with Gasteiger partial charge < -0.3 is 39.9 Å². The molecule has 14 nitrogen and oxygen atoms in total. The van der Waals surface area contributed by atoms with Crippen molar-refractivity contribution in [1.29, 1.82) is 0 Å². The van der Waals surface area contributed by atoms with Crippen molar-refractivity contribution in [1.82, 2.24) is 40.4 Å². The normalized spacial score (nSPS) is 22.9. The average molecular weight is 769 g/mol. The number of imidazole rings is 2. The number of amides is 4. The maximum absolute atomic E-state index is 14.2. The number of aromatic nitrogens is 4. The number of aromatic amines is 2. The number of ether oxygens (including phenoxy) is 2. The van der Waals surface area contributed by atoms with Crippen LogP contribution in [0.4, 0.5) is 9.59 Å². The number of carbonyl (C=O) groups is 4. The van der Waals surface area contributed by atoms with Crippen molar-refractivity contribution >= 4 is 24.0 Å². The minimum atomic E-state index is -0.710. The Kier molecular flexibility index (Phi) is 10.8. The molecule has 4 heterocycles. The number of H-pyrrole nitrogens is 2. The van der Waals surface area contributed by atoms with Crippen LogP contribution in [-0.2, 0) is 31.9 Å². The number of likely N-dealkylation sites (tertiary alicyclic amines) is 2. The van der Waals surface area contributed by atoms with Gasteiger partial charge in [0.05, 0.1) is 50.1 Å². The van der Waals surface area contributed by atoms with Gasteiger partial charge in [0.1, 0.15) is 23.7 Å². The van der Waals surface area contributed by atoms with E-state index in [9.17, 15) is 19.2 Å². The maximum atomic E-state index is 14.2. The molecule has 2 aliphatic heterocycles. The van der Waals surface area contributed by atoms with Gasteiger partial charge >= 0.3 is 12.2 Å². The van der Waals surface area contributed by atoms with E-state index >= 15 is 0 Å². The third-order valence-corrected chi connectivity index (χ3v) is 13.4. The predicted octanol–water partition coefficient (Wildman–Crippen LogP) is 6.50. The van der Waals surface area contributed by atoms with Crippen LogP contribution in [0.5, 0.6) is 0 Å². The van der Waals surface area contributed by atoms with Crippen molar-refractivity contribution < 1.29 is 28.7 Å². The van der Waals surface area contributed by atoms with Crippen LogP contribution in [0.2, 0.25) is 0 Å². The van der Waals surface area contributed by atoms with E-state index in [1.54, 1.807) is 6.92 Å². The van der Waals surface area contributed by atoms with Gasteiger partial charge in [-0.15, -0.1) is 0 Å². The van der Waals surface area contributed by atoms with Gasteiger partial charge in [-0.3, -0.25) is 9.59 Å². The molecular weight excluding hydrogens is 713 g/mol. The molecule has 0 bridgehead atoms. The second kappa shape index (κ2) is 15.9. The van der Waals surface area contributed by atoms with E-state index in [0.717, 1.165) is 105 Å². The molecule has 2 saturated carbocycles. The van der Waals surface area contributed by atoms with Crippen molar-refractivity contribution in [2.24, 2.45) is 11.3 Å². The number of nitrogens with one attached hydrogen (secondary N) is 4. The Labute approximate surface area is 328 Å². The first-order valence-corrected chi connectivity index (χ1v) is 20.7. The van der Waals surface area contributed by atoms with Crippen molar-refractivity contribution in [2.75, 3.05) is 27.3 Å². The lowest BCUT2D eigenvalue weighted by Gasteiger charge is -2.34. The van der Waals surface area contributed by atoms with Crippen molar-refractivity contribution in [3.63, 3.8) is 0 Å². The topological polar surface area (TPSA) is 175 Å². The lowest BCUT2D eigenvalue weighted by Crippen LogP contribution is -2.52. The summed E-state index contributed by atoms with van der Waals surface area (Å²) in [6, 6.07) is 2.68. The molecule has 4 N–H and O–H groups in total. The summed E-state index contributed by atoms with van der Waals surface area (Å²) in [5, 5.41) is 5.50. The van der Waals surface area contributed by atoms with E-state index < -0.39 is 24.3 Å². The fraction of sp³-hybridized carbons (Fsp3) is 0.619. The summed E-state index contributed by atoms with van der Waals surface area (Å²) in [5.41, 5.74) is 7.11. The van der Waals surface area contributed by atoms with Crippen molar-refractivity contribution in [3.8, 4) is 22.5 Å². The maximum Gasteiger partial charge on any atom is 0.407 e. The average Bonchev–Trinajstić information content (AvgIpc) is 4.07. The molecule has 1 spiro atoms. The summed E-state index contributed by atoms with van der Waals surface area (Å²) in [6.07, 6.45) is 18.0. The standard InChI is InChI=1S/C42H56N8O6/c1-25(45-40(53)55-2)38(51)49-19-9-13-33(49)36-43-23-31(46-36)27-15-16-28(30-22-42(21-29(27)30)17-7-8-18-42)32-24-44-37(47-32)34-14-10-20-50(34)39(52)35(48-41(54)56-3)26-11-5-4-6-12-26/h15-16,23-26,33-35H,4-14,17-22H2,1-3H3,(H,43,46)(H,44,47)(H,45,53)(H,48,54)/t25-,33?,34+,35+/m1/s1. The Balaban J connectivity index is 1.06. The van der Waals surface area contributed by atoms with Crippen LogP contribution in [0, 0.1) is 11.3 Å². The van der Waals surface area contributed by atoms with E-state index in [1.807, 2.05) is 22.2 Å². The zero-order valence-corrected chi connectivity index (χ0v) is 33.0. The van der Waals surface area contributed by atoms with Crippen LogP contribution < -0.4 is 10.6 Å². The molecule has 4 atom stereocenters. The summed E-state index contributed by atoms with van der Waals surface area (Å²) < 4.78 is 9.65. The lowest BCUT2D eigenvalue weighted by atomic mass is 9.83. The first-order valence-electron chi connectivity index (χ1n) is 20.7. The highest BCUT2D eigenvalue weighted by Crippen LogP contribution is 2.53. The molecule has 3 aromatic rings. The van der Waals surface area contributed by atoms with Crippen LogP contribution in [0.1, 0.15) is 125 Å². The van der Waals surface area contributed by atoms with Gasteiger partial charge in [-0.25, -0.2) is 19.6 Å².